The third-order valence-corrected chi connectivity index (χ3v) is 4.38. The quantitative estimate of drug-likeness (QED) is 0.666. The first-order valence-corrected chi connectivity index (χ1v) is 8.81. The lowest BCUT2D eigenvalue weighted by Crippen LogP contribution is -2.28. The van der Waals surface area contributed by atoms with Crippen LogP contribution in [-0.4, -0.2) is 29.1 Å². The first kappa shape index (κ1) is 19.7. The average Bonchev–Trinajstić information content (AvgIpc) is 3.06. The Morgan fingerprint density at radius 1 is 1.14 bits per heavy atom. The molecule has 0 radical (unpaired) electrons. The smallest absolute Gasteiger partial charge is 0.449 e. The molecule has 5 nitrogen and oxygen atoms in total. The Morgan fingerprint density at radius 2 is 1.86 bits per heavy atom. The summed E-state index contributed by atoms with van der Waals surface area (Å²) in [5.74, 6) is -0.490. The number of carbonyl (C=O) groups excluding carboxylic acids is 1. The molecule has 3 rings (SSSR count). The van der Waals surface area contributed by atoms with Crippen molar-refractivity contribution >= 4 is 16.9 Å². The predicted molar refractivity (Wildman–Crippen MR) is 99.1 cm³/mol. The summed E-state index contributed by atoms with van der Waals surface area (Å²) in [6, 6.07) is 13.8. The Balaban J connectivity index is 1.61. The number of para-hydroxylation sites is 3. The first-order chi connectivity index (χ1) is 13.4. The van der Waals surface area contributed by atoms with Gasteiger partial charge in [-0.3, -0.25) is 4.79 Å². The number of ether oxygens (including phenoxy) is 1. The fraction of sp³-hybridized carbons (Fsp3) is 0.300. The summed E-state index contributed by atoms with van der Waals surface area (Å²) in [5, 5.41) is 2.68. The number of alkyl halides is 3. The summed E-state index contributed by atoms with van der Waals surface area (Å²) in [4.78, 5) is 15.8. The van der Waals surface area contributed by atoms with Crippen molar-refractivity contribution in [2.45, 2.75) is 25.6 Å². The minimum Gasteiger partial charge on any atom is -0.496 e. The summed E-state index contributed by atoms with van der Waals surface area (Å²) in [5.41, 5.74) is 1.57. The topological polar surface area (TPSA) is 56.1 Å². The van der Waals surface area contributed by atoms with Crippen LogP contribution in [0.3, 0.4) is 0 Å². The van der Waals surface area contributed by atoms with E-state index in [1.807, 2.05) is 24.3 Å². The highest BCUT2D eigenvalue weighted by Crippen LogP contribution is 2.31. The van der Waals surface area contributed by atoms with Crippen molar-refractivity contribution in [2.75, 3.05) is 13.7 Å². The van der Waals surface area contributed by atoms with Gasteiger partial charge in [0.05, 0.1) is 18.1 Å². The van der Waals surface area contributed by atoms with Gasteiger partial charge in [-0.05, 0) is 30.2 Å². The number of imidazole rings is 1. The lowest BCUT2D eigenvalue weighted by Gasteiger charge is -2.12. The van der Waals surface area contributed by atoms with Crippen molar-refractivity contribution < 1.29 is 22.7 Å². The molecule has 0 fully saturated rings. The molecular weight excluding hydrogens is 371 g/mol. The number of methoxy groups -OCH3 is 1. The lowest BCUT2D eigenvalue weighted by atomic mass is 10.1. The summed E-state index contributed by atoms with van der Waals surface area (Å²) < 4.78 is 46.1. The average molecular weight is 391 g/mol. The van der Waals surface area contributed by atoms with E-state index in [1.165, 1.54) is 6.07 Å². The van der Waals surface area contributed by atoms with Crippen LogP contribution in [0, 0.1) is 0 Å². The van der Waals surface area contributed by atoms with Gasteiger partial charge in [0, 0.05) is 19.5 Å². The van der Waals surface area contributed by atoms with E-state index in [2.05, 4.69) is 10.3 Å². The maximum absolute atomic E-state index is 13.3. The van der Waals surface area contributed by atoms with Gasteiger partial charge in [-0.1, -0.05) is 30.3 Å². The molecular formula is C20H20F3N3O2. The van der Waals surface area contributed by atoms with Crippen LogP contribution in [0.2, 0.25) is 0 Å². The molecule has 1 N–H and O–H groups in total. The maximum atomic E-state index is 13.3. The summed E-state index contributed by atoms with van der Waals surface area (Å²) >= 11 is 0. The number of aryl methyl sites for hydroxylation is 1. The van der Waals surface area contributed by atoms with Gasteiger partial charge >= 0.3 is 6.18 Å². The molecule has 0 aliphatic rings. The summed E-state index contributed by atoms with van der Waals surface area (Å²) in [6.45, 7) is 0.0595. The Kier molecular flexibility index (Phi) is 5.87. The number of fused-ring (bicyclic) bond motifs is 1. The number of amides is 1. The molecule has 0 aliphatic heterocycles. The van der Waals surface area contributed by atoms with Gasteiger partial charge in [-0.25, -0.2) is 4.98 Å². The van der Waals surface area contributed by atoms with Crippen LogP contribution in [0.5, 0.6) is 5.75 Å². The van der Waals surface area contributed by atoms with Crippen molar-refractivity contribution in [2.24, 2.45) is 0 Å². The standard InChI is InChI=1S/C20H20F3N3O2/c1-28-17-9-5-2-6-14(17)10-11-18(27)24-12-13-26-16-8-4-3-7-15(16)25-19(26)20(21,22)23/h2-9H,10-13H2,1H3,(H,24,27). The van der Waals surface area contributed by atoms with Crippen LogP contribution in [0.1, 0.15) is 17.8 Å². The zero-order valence-electron chi connectivity index (χ0n) is 15.3. The molecule has 1 amide bonds. The van der Waals surface area contributed by atoms with Gasteiger partial charge in [0.25, 0.3) is 0 Å². The van der Waals surface area contributed by atoms with E-state index in [-0.39, 0.29) is 30.9 Å². The SMILES string of the molecule is COc1ccccc1CCC(=O)NCCn1c(C(F)(F)F)nc2ccccc21. The van der Waals surface area contributed by atoms with Crippen LogP contribution in [0.15, 0.2) is 48.5 Å². The highest BCUT2D eigenvalue weighted by molar-refractivity contribution is 5.77. The van der Waals surface area contributed by atoms with E-state index >= 15 is 0 Å². The van der Waals surface area contributed by atoms with Crippen LogP contribution in [-0.2, 0) is 23.9 Å². The van der Waals surface area contributed by atoms with Gasteiger partial charge in [-0.15, -0.1) is 0 Å². The van der Waals surface area contributed by atoms with Crippen LogP contribution >= 0.6 is 0 Å². The molecule has 1 heterocycles. The molecule has 3 aromatic rings. The molecule has 148 valence electrons. The molecule has 0 atom stereocenters. The molecule has 8 heteroatoms. The molecule has 2 aromatic carbocycles. The van der Waals surface area contributed by atoms with Gasteiger partial charge in [-0.2, -0.15) is 13.2 Å². The fourth-order valence-corrected chi connectivity index (χ4v) is 3.07. The van der Waals surface area contributed by atoms with E-state index in [1.54, 1.807) is 25.3 Å². The molecule has 28 heavy (non-hydrogen) atoms. The van der Waals surface area contributed by atoms with Crippen LogP contribution in [0.4, 0.5) is 13.2 Å². The number of hydrogen-bond acceptors (Lipinski definition) is 3. The Labute approximate surface area is 160 Å². The van der Waals surface area contributed by atoms with Gasteiger partial charge in [0.15, 0.2) is 0 Å². The van der Waals surface area contributed by atoms with Gasteiger partial charge in [0.1, 0.15) is 5.75 Å². The van der Waals surface area contributed by atoms with Crippen LogP contribution < -0.4 is 10.1 Å². The summed E-state index contributed by atoms with van der Waals surface area (Å²) in [7, 11) is 1.56. The second kappa shape index (κ2) is 8.33. The number of aromatic nitrogens is 2. The van der Waals surface area contributed by atoms with E-state index < -0.39 is 12.0 Å². The largest absolute Gasteiger partial charge is 0.496 e. The summed E-state index contributed by atoms with van der Waals surface area (Å²) in [6.07, 6.45) is -3.86. The number of nitrogens with zero attached hydrogens (tertiary/aromatic N) is 2. The fourth-order valence-electron chi connectivity index (χ4n) is 3.07. The van der Waals surface area contributed by atoms with Crippen molar-refractivity contribution in [1.29, 1.82) is 0 Å². The molecule has 0 bridgehead atoms. The minimum atomic E-state index is -4.56. The highest BCUT2D eigenvalue weighted by Gasteiger charge is 2.37. The van der Waals surface area contributed by atoms with Crippen molar-refractivity contribution in [1.82, 2.24) is 14.9 Å². The van der Waals surface area contributed by atoms with Crippen molar-refractivity contribution in [3.8, 4) is 5.75 Å². The van der Waals surface area contributed by atoms with Gasteiger partial charge < -0.3 is 14.6 Å². The number of carbonyl (C=O) groups is 1. The molecule has 0 saturated carbocycles. The third kappa shape index (κ3) is 4.44. The van der Waals surface area contributed by atoms with E-state index in [9.17, 15) is 18.0 Å². The second-order valence-electron chi connectivity index (χ2n) is 6.24. The zero-order valence-corrected chi connectivity index (χ0v) is 15.3. The Bertz CT molecular complexity index is 967. The maximum Gasteiger partial charge on any atom is 0.449 e. The Hall–Kier alpha value is -3.03. The normalized spacial score (nSPS) is 11.6. The molecule has 0 spiro atoms. The number of hydrogen-bond donors (Lipinski definition) is 1. The highest BCUT2D eigenvalue weighted by atomic mass is 19.4. The number of halogens is 3. The van der Waals surface area contributed by atoms with Crippen LogP contribution in [0.25, 0.3) is 11.0 Å². The van der Waals surface area contributed by atoms with Gasteiger partial charge in [0.2, 0.25) is 11.7 Å². The van der Waals surface area contributed by atoms with E-state index in [0.717, 1.165) is 10.1 Å². The molecule has 0 unspecified atom stereocenters. The first-order valence-electron chi connectivity index (χ1n) is 8.81. The van der Waals surface area contributed by atoms with Crippen molar-refractivity contribution in [3.05, 3.63) is 59.9 Å². The van der Waals surface area contributed by atoms with Crippen molar-refractivity contribution in [3.63, 3.8) is 0 Å². The monoisotopic (exact) mass is 391 g/mol. The van der Waals surface area contributed by atoms with E-state index in [4.69, 9.17) is 4.74 Å². The minimum absolute atomic E-state index is 0.0181. The number of nitrogens with one attached hydrogen (secondary N) is 1. The molecule has 1 aromatic heterocycles. The second-order valence-corrected chi connectivity index (χ2v) is 6.24. The Morgan fingerprint density at radius 3 is 2.61 bits per heavy atom. The zero-order chi connectivity index (χ0) is 20.1. The predicted octanol–water partition coefficient (Wildman–Crippen LogP) is 3.81. The lowest BCUT2D eigenvalue weighted by molar-refractivity contribution is -0.146. The van der Waals surface area contributed by atoms with E-state index in [0.29, 0.717) is 17.7 Å². The third-order valence-electron chi connectivity index (χ3n) is 4.38. The molecule has 0 aliphatic carbocycles. The number of rotatable bonds is 7. The molecule has 0 saturated heterocycles. The number of benzene rings is 2.